The molecule has 5 heteroatoms. The molecular formula is C15H19NO4. The molecule has 0 fully saturated rings. The van der Waals surface area contributed by atoms with E-state index in [9.17, 15) is 9.59 Å². The highest BCUT2D eigenvalue weighted by molar-refractivity contribution is 5.96. The first-order valence-corrected chi connectivity index (χ1v) is 6.33. The maximum atomic E-state index is 11.9. The van der Waals surface area contributed by atoms with Crippen LogP contribution in [0.2, 0.25) is 0 Å². The first-order valence-electron chi connectivity index (χ1n) is 6.33. The number of aromatic carboxylic acids is 1. The molecule has 0 aliphatic rings. The summed E-state index contributed by atoms with van der Waals surface area (Å²) in [7, 11) is 0. The lowest BCUT2D eigenvalue weighted by atomic mass is 10.1. The van der Waals surface area contributed by atoms with Crippen molar-refractivity contribution in [1.82, 2.24) is 0 Å². The van der Waals surface area contributed by atoms with Gasteiger partial charge in [-0.1, -0.05) is 12.1 Å². The monoisotopic (exact) mass is 277 g/mol. The predicted molar refractivity (Wildman–Crippen MR) is 77.0 cm³/mol. The van der Waals surface area contributed by atoms with Crippen LogP contribution in [0.1, 0.15) is 29.3 Å². The number of anilines is 1. The van der Waals surface area contributed by atoms with Crippen LogP contribution < -0.4 is 5.32 Å². The molecule has 0 radical (unpaired) electrons. The van der Waals surface area contributed by atoms with E-state index in [1.165, 1.54) is 12.1 Å². The van der Waals surface area contributed by atoms with Crippen molar-refractivity contribution in [3.05, 3.63) is 42.0 Å². The number of carboxylic acids is 1. The number of ether oxygens (including phenoxy) is 1. The van der Waals surface area contributed by atoms with Crippen LogP contribution >= 0.6 is 0 Å². The molecule has 0 aromatic heterocycles. The van der Waals surface area contributed by atoms with Gasteiger partial charge >= 0.3 is 5.97 Å². The van der Waals surface area contributed by atoms with Crippen molar-refractivity contribution >= 4 is 17.6 Å². The smallest absolute Gasteiger partial charge is 0.335 e. The number of carbonyl (C=O) groups is 2. The van der Waals surface area contributed by atoms with Gasteiger partial charge in [-0.05, 0) is 38.0 Å². The van der Waals surface area contributed by atoms with Crippen molar-refractivity contribution in [2.75, 3.05) is 11.9 Å². The van der Waals surface area contributed by atoms with Crippen LogP contribution in [0.15, 0.2) is 30.9 Å². The Labute approximate surface area is 118 Å². The molecular weight excluding hydrogens is 258 g/mol. The van der Waals surface area contributed by atoms with E-state index in [-0.39, 0.29) is 11.5 Å². The summed E-state index contributed by atoms with van der Waals surface area (Å²) in [6.07, 6.45) is 1.78. The fourth-order valence-corrected chi connectivity index (χ4v) is 1.53. The molecule has 20 heavy (non-hydrogen) atoms. The van der Waals surface area contributed by atoms with Crippen LogP contribution in [-0.2, 0) is 9.53 Å². The van der Waals surface area contributed by atoms with Gasteiger partial charge in [0.05, 0.1) is 12.2 Å². The summed E-state index contributed by atoms with van der Waals surface area (Å²) >= 11 is 0. The maximum absolute atomic E-state index is 11.9. The van der Waals surface area contributed by atoms with E-state index in [4.69, 9.17) is 9.84 Å². The molecule has 0 spiro atoms. The van der Waals surface area contributed by atoms with Crippen molar-refractivity contribution in [3.8, 4) is 0 Å². The highest BCUT2D eigenvalue weighted by Gasteiger charge is 2.15. The zero-order valence-electron chi connectivity index (χ0n) is 11.7. The van der Waals surface area contributed by atoms with Gasteiger partial charge in [0.2, 0.25) is 0 Å². The second kappa shape index (κ2) is 7.45. The van der Waals surface area contributed by atoms with E-state index in [0.29, 0.717) is 18.7 Å². The number of hydrogen-bond donors (Lipinski definition) is 2. The highest BCUT2D eigenvalue weighted by atomic mass is 16.5. The topological polar surface area (TPSA) is 75.6 Å². The molecule has 1 amide bonds. The first-order chi connectivity index (χ1) is 9.45. The zero-order valence-corrected chi connectivity index (χ0v) is 11.7. The summed E-state index contributed by atoms with van der Waals surface area (Å²) in [4.78, 5) is 22.8. The van der Waals surface area contributed by atoms with Gasteiger partial charge in [-0.15, -0.1) is 6.58 Å². The van der Waals surface area contributed by atoms with Crippen LogP contribution in [0.5, 0.6) is 0 Å². The minimum Gasteiger partial charge on any atom is -0.478 e. The van der Waals surface area contributed by atoms with Gasteiger partial charge in [0, 0.05) is 5.69 Å². The Morgan fingerprint density at radius 2 is 2.20 bits per heavy atom. The molecule has 0 saturated heterocycles. The fourth-order valence-electron chi connectivity index (χ4n) is 1.53. The van der Waals surface area contributed by atoms with E-state index in [1.54, 1.807) is 26.0 Å². The number of benzene rings is 1. The van der Waals surface area contributed by atoms with Crippen molar-refractivity contribution in [1.29, 1.82) is 0 Å². The standard InChI is InChI=1S/C15H19NO4/c1-4-5-8-20-11(3)14(17)16-13-9-12(15(18)19)7-6-10(13)2/h4,6-7,9,11H,1,5,8H2,2-3H3,(H,16,17)(H,18,19). The Morgan fingerprint density at radius 1 is 1.50 bits per heavy atom. The Morgan fingerprint density at radius 3 is 2.80 bits per heavy atom. The van der Waals surface area contributed by atoms with Gasteiger partial charge < -0.3 is 15.2 Å². The van der Waals surface area contributed by atoms with Crippen molar-refractivity contribution in [2.24, 2.45) is 0 Å². The molecule has 1 aromatic rings. The Balaban J connectivity index is 2.71. The number of nitrogens with one attached hydrogen (secondary N) is 1. The van der Waals surface area contributed by atoms with Crippen LogP contribution in [0.25, 0.3) is 0 Å². The van der Waals surface area contributed by atoms with Gasteiger partial charge in [-0.3, -0.25) is 4.79 Å². The Kier molecular flexibility index (Phi) is 5.93. The number of carbonyl (C=O) groups excluding carboxylic acids is 1. The van der Waals surface area contributed by atoms with Gasteiger partial charge in [0.25, 0.3) is 5.91 Å². The molecule has 108 valence electrons. The number of aryl methyl sites for hydroxylation is 1. The fraction of sp³-hybridized carbons (Fsp3) is 0.333. The average molecular weight is 277 g/mol. The largest absolute Gasteiger partial charge is 0.478 e. The van der Waals surface area contributed by atoms with E-state index in [2.05, 4.69) is 11.9 Å². The van der Waals surface area contributed by atoms with Crippen LogP contribution in [0.3, 0.4) is 0 Å². The molecule has 2 N–H and O–H groups in total. The van der Waals surface area contributed by atoms with E-state index >= 15 is 0 Å². The minimum absolute atomic E-state index is 0.131. The minimum atomic E-state index is -1.03. The lowest BCUT2D eigenvalue weighted by molar-refractivity contribution is -0.126. The lowest BCUT2D eigenvalue weighted by Crippen LogP contribution is -2.28. The van der Waals surface area contributed by atoms with Crippen molar-refractivity contribution < 1.29 is 19.4 Å². The molecule has 0 bridgehead atoms. The SMILES string of the molecule is C=CCCOC(C)C(=O)Nc1cc(C(=O)O)ccc1C. The van der Waals surface area contributed by atoms with E-state index in [1.807, 2.05) is 0 Å². The Hall–Kier alpha value is -2.14. The van der Waals surface area contributed by atoms with Crippen molar-refractivity contribution in [2.45, 2.75) is 26.4 Å². The second-order valence-corrected chi connectivity index (χ2v) is 4.41. The van der Waals surface area contributed by atoms with Crippen LogP contribution in [-0.4, -0.2) is 29.7 Å². The normalized spacial score (nSPS) is 11.7. The molecule has 0 saturated carbocycles. The van der Waals surface area contributed by atoms with Gasteiger partial charge in [0.15, 0.2) is 0 Å². The summed E-state index contributed by atoms with van der Waals surface area (Å²) in [5.74, 6) is -1.34. The third-order valence-corrected chi connectivity index (χ3v) is 2.80. The van der Waals surface area contributed by atoms with Gasteiger partial charge in [0.1, 0.15) is 6.10 Å². The quantitative estimate of drug-likeness (QED) is 0.593. The number of hydrogen-bond acceptors (Lipinski definition) is 3. The molecule has 1 aromatic carbocycles. The third-order valence-electron chi connectivity index (χ3n) is 2.80. The average Bonchev–Trinajstić information content (AvgIpc) is 2.41. The molecule has 1 atom stereocenters. The Bertz CT molecular complexity index is 511. The predicted octanol–water partition coefficient (Wildman–Crippen LogP) is 2.61. The zero-order chi connectivity index (χ0) is 15.1. The summed E-state index contributed by atoms with van der Waals surface area (Å²) in [5.41, 5.74) is 1.40. The molecule has 1 unspecified atom stereocenters. The first kappa shape index (κ1) is 15.9. The summed E-state index contributed by atoms with van der Waals surface area (Å²) < 4.78 is 5.33. The second-order valence-electron chi connectivity index (χ2n) is 4.41. The van der Waals surface area contributed by atoms with Crippen molar-refractivity contribution in [3.63, 3.8) is 0 Å². The van der Waals surface area contributed by atoms with Crippen LogP contribution in [0, 0.1) is 6.92 Å². The number of carboxylic acid groups (broad SMARTS) is 1. The number of amides is 1. The molecule has 1 rings (SSSR count). The van der Waals surface area contributed by atoms with E-state index < -0.39 is 12.1 Å². The van der Waals surface area contributed by atoms with Gasteiger partial charge in [-0.25, -0.2) is 4.79 Å². The maximum Gasteiger partial charge on any atom is 0.335 e. The highest BCUT2D eigenvalue weighted by Crippen LogP contribution is 2.17. The van der Waals surface area contributed by atoms with Gasteiger partial charge in [-0.2, -0.15) is 0 Å². The summed E-state index contributed by atoms with van der Waals surface area (Å²) in [6.45, 7) is 7.44. The molecule has 0 heterocycles. The molecule has 0 aliphatic carbocycles. The van der Waals surface area contributed by atoms with E-state index in [0.717, 1.165) is 5.56 Å². The molecule has 0 aliphatic heterocycles. The summed E-state index contributed by atoms with van der Waals surface area (Å²) in [6, 6.07) is 4.59. The summed E-state index contributed by atoms with van der Waals surface area (Å²) in [5, 5.41) is 11.6. The van der Waals surface area contributed by atoms with Crippen LogP contribution in [0.4, 0.5) is 5.69 Å². The lowest BCUT2D eigenvalue weighted by Gasteiger charge is -2.14. The number of rotatable bonds is 7. The molecule has 5 nitrogen and oxygen atoms in total. The third kappa shape index (κ3) is 4.51.